The third-order valence-electron chi connectivity index (χ3n) is 4.86. The van der Waals surface area contributed by atoms with E-state index < -0.39 is 35.0 Å². The van der Waals surface area contributed by atoms with Crippen LogP contribution in [-0.4, -0.2) is 41.1 Å². The SMILES string of the molecule is CC(=O)O[C@]12C=C[C@@H]3OC(C)(C)O[C@@H]3[C@]1(OC(C)=O)CCCC2. The average Bonchev–Trinajstić information content (AvgIpc) is 2.73. The van der Waals surface area contributed by atoms with Crippen LogP contribution in [0.1, 0.15) is 53.4 Å². The van der Waals surface area contributed by atoms with Crippen LogP contribution >= 0.6 is 0 Å². The van der Waals surface area contributed by atoms with Crippen molar-refractivity contribution >= 4 is 11.9 Å². The molecule has 0 aromatic carbocycles. The Bertz CT molecular complexity index is 553. The predicted octanol–water partition coefficient (Wildman–Crippen LogP) is 2.25. The molecule has 6 nitrogen and oxygen atoms in total. The Morgan fingerprint density at radius 3 is 2.35 bits per heavy atom. The molecule has 128 valence electrons. The zero-order valence-corrected chi connectivity index (χ0v) is 14.1. The molecule has 4 atom stereocenters. The molecule has 0 aromatic heterocycles. The van der Waals surface area contributed by atoms with Crippen molar-refractivity contribution in [2.24, 2.45) is 0 Å². The summed E-state index contributed by atoms with van der Waals surface area (Å²) in [4.78, 5) is 23.6. The maximum absolute atomic E-state index is 11.9. The summed E-state index contributed by atoms with van der Waals surface area (Å²) in [6.07, 6.45) is 5.82. The lowest BCUT2D eigenvalue weighted by Crippen LogP contribution is -2.69. The standard InChI is InChI=1S/C17H24O6/c1-11(18)20-16-8-5-6-9-17(16,21-12(2)19)14-13(7-10-16)22-15(3,4)23-14/h7,10,13-14H,5-6,8-9H2,1-4H3/t13-,14-,16+,17+/m0/s1. The molecule has 1 saturated carbocycles. The number of carbonyl (C=O) groups is 2. The van der Waals surface area contributed by atoms with E-state index in [4.69, 9.17) is 18.9 Å². The normalized spacial score (nSPS) is 40.9. The van der Waals surface area contributed by atoms with Crippen LogP contribution in [0.5, 0.6) is 0 Å². The number of ether oxygens (including phenoxy) is 4. The molecule has 2 aliphatic carbocycles. The van der Waals surface area contributed by atoms with Crippen LogP contribution in [-0.2, 0) is 28.5 Å². The minimum absolute atomic E-state index is 0.328. The van der Waals surface area contributed by atoms with E-state index in [1.54, 1.807) is 0 Å². The molecule has 0 radical (unpaired) electrons. The molecule has 0 aromatic rings. The fourth-order valence-electron chi connectivity index (χ4n) is 4.23. The van der Waals surface area contributed by atoms with E-state index in [2.05, 4.69) is 0 Å². The third kappa shape index (κ3) is 2.58. The van der Waals surface area contributed by atoms with E-state index in [1.165, 1.54) is 13.8 Å². The van der Waals surface area contributed by atoms with E-state index in [1.807, 2.05) is 26.0 Å². The second-order valence-corrected chi connectivity index (χ2v) is 7.05. The summed E-state index contributed by atoms with van der Waals surface area (Å²) in [7, 11) is 0. The monoisotopic (exact) mass is 324 g/mol. The summed E-state index contributed by atoms with van der Waals surface area (Å²) in [5.41, 5.74) is -2.04. The Balaban J connectivity index is 2.10. The lowest BCUT2D eigenvalue weighted by molar-refractivity contribution is -0.250. The highest BCUT2D eigenvalue weighted by Gasteiger charge is 2.68. The molecule has 6 heteroatoms. The molecule has 2 fully saturated rings. The lowest BCUT2D eigenvalue weighted by atomic mass is 9.64. The third-order valence-corrected chi connectivity index (χ3v) is 4.86. The first-order valence-electron chi connectivity index (χ1n) is 8.14. The predicted molar refractivity (Wildman–Crippen MR) is 80.4 cm³/mol. The van der Waals surface area contributed by atoms with Gasteiger partial charge in [0.05, 0.1) is 0 Å². The fraction of sp³-hybridized carbons (Fsp3) is 0.765. The van der Waals surface area contributed by atoms with E-state index in [0.29, 0.717) is 12.8 Å². The van der Waals surface area contributed by atoms with E-state index >= 15 is 0 Å². The van der Waals surface area contributed by atoms with E-state index in [9.17, 15) is 9.59 Å². The van der Waals surface area contributed by atoms with Gasteiger partial charge in [-0.05, 0) is 45.6 Å². The van der Waals surface area contributed by atoms with Gasteiger partial charge < -0.3 is 18.9 Å². The lowest BCUT2D eigenvalue weighted by Gasteiger charge is -2.54. The van der Waals surface area contributed by atoms with Gasteiger partial charge in [-0.1, -0.05) is 6.08 Å². The Morgan fingerprint density at radius 2 is 1.70 bits per heavy atom. The molecule has 0 N–H and O–H groups in total. The zero-order chi connectivity index (χ0) is 16.9. The van der Waals surface area contributed by atoms with E-state index in [0.717, 1.165) is 12.8 Å². The van der Waals surface area contributed by atoms with E-state index in [-0.39, 0.29) is 6.10 Å². The van der Waals surface area contributed by atoms with Gasteiger partial charge in [0.25, 0.3) is 0 Å². The number of hydrogen-bond donors (Lipinski definition) is 0. The van der Waals surface area contributed by atoms with Crippen LogP contribution in [0.15, 0.2) is 12.2 Å². The molecule has 23 heavy (non-hydrogen) atoms. The van der Waals surface area contributed by atoms with Crippen LogP contribution < -0.4 is 0 Å². The van der Waals surface area contributed by atoms with Crippen molar-refractivity contribution in [2.75, 3.05) is 0 Å². The minimum Gasteiger partial charge on any atom is -0.452 e. The largest absolute Gasteiger partial charge is 0.452 e. The van der Waals surface area contributed by atoms with Gasteiger partial charge in [-0.15, -0.1) is 0 Å². The smallest absolute Gasteiger partial charge is 0.303 e. The number of rotatable bonds is 2. The molecule has 3 aliphatic rings. The molecular formula is C17H24O6. The summed E-state index contributed by atoms with van der Waals surface area (Å²) in [6, 6.07) is 0. The summed E-state index contributed by atoms with van der Waals surface area (Å²) in [5.74, 6) is -1.59. The van der Waals surface area contributed by atoms with Gasteiger partial charge in [0, 0.05) is 13.8 Å². The number of fused-ring (bicyclic) bond motifs is 3. The first kappa shape index (κ1) is 16.5. The molecule has 1 saturated heterocycles. The molecular weight excluding hydrogens is 300 g/mol. The Morgan fingerprint density at radius 1 is 1.04 bits per heavy atom. The highest BCUT2D eigenvalue weighted by Crippen LogP contribution is 2.53. The van der Waals surface area contributed by atoms with Crippen molar-refractivity contribution in [3.8, 4) is 0 Å². The van der Waals surface area contributed by atoms with Gasteiger partial charge in [0.15, 0.2) is 17.0 Å². The topological polar surface area (TPSA) is 71.1 Å². The van der Waals surface area contributed by atoms with Gasteiger partial charge in [-0.25, -0.2) is 0 Å². The average molecular weight is 324 g/mol. The van der Waals surface area contributed by atoms with Crippen molar-refractivity contribution < 1.29 is 28.5 Å². The zero-order valence-electron chi connectivity index (χ0n) is 14.1. The van der Waals surface area contributed by atoms with Crippen molar-refractivity contribution in [3.63, 3.8) is 0 Å². The van der Waals surface area contributed by atoms with Gasteiger partial charge in [-0.3, -0.25) is 9.59 Å². The minimum atomic E-state index is -1.05. The maximum Gasteiger partial charge on any atom is 0.303 e. The van der Waals surface area contributed by atoms with Gasteiger partial charge in [0.1, 0.15) is 12.2 Å². The number of esters is 2. The first-order valence-corrected chi connectivity index (χ1v) is 8.14. The Labute approximate surface area is 136 Å². The van der Waals surface area contributed by atoms with Crippen LogP contribution in [0.25, 0.3) is 0 Å². The summed E-state index contributed by atoms with van der Waals surface area (Å²) in [6.45, 7) is 6.40. The van der Waals surface area contributed by atoms with Crippen molar-refractivity contribution in [2.45, 2.75) is 82.6 Å². The van der Waals surface area contributed by atoms with Gasteiger partial charge in [-0.2, -0.15) is 0 Å². The molecule has 1 aliphatic heterocycles. The molecule has 0 unspecified atom stereocenters. The summed E-state index contributed by atoms with van der Waals surface area (Å²) >= 11 is 0. The highest BCUT2D eigenvalue weighted by atomic mass is 16.8. The Hall–Kier alpha value is -1.40. The number of carbonyl (C=O) groups excluding carboxylic acids is 2. The molecule has 0 amide bonds. The van der Waals surface area contributed by atoms with Crippen molar-refractivity contribution in [1.82, 2.24) is 0 Å². The van der Waals surface area contributed by atoms with Crippen molar-refractivity contribution in [3.05, 3.63) is 12.2 Å². The van der Waals surface area contributed by atoms with Crippen LogP contribution in [0.3, 0.4) is 0 Å². The second-order valence-electron chi connectivity index (χ2n) is 7.05. The molecule has 3 rings (SSSR count). The molecule has 0 spiro atoms. The van der Waals surface area contributed by atoms with Crippen molar-refractivity contribution in [1.29, 1.82) is 0 Å². The summed E-state index contributed by atoms with van der Waals surface area (Å²) < 4.78 is 23.6. The number of hydrogen-bond acceptors (Lipinski definition) is 6. The second kappa shape index (κ2) is 5.31. The first-order chi connectivity index (χ1) is 10.7. The highest BCUT2D eigenvalue weighted by molar-refractivity contribution is 5.69. The maximum atomic E-state index is 11.9. The quantitative estimate of drug-likeness (QED) is 0.573. The van der Waals surface area contributed by atoms with Gasteiger partial charge in [0.2, 0.25) is 0 Å². The fourth-order valence-corrected chi connectivity index (χ4v) is 4.23. The molecule has 1 heterocycles. The van der Waals surface area contributed by atoms with Crippen LogP contribution in [0.2, 0.25) is 0 Å². The van der Waals surface area contributed by atoms with Gasteiger partial charge >= 0.3 is 11.9 Å². The summed E-state index contributed by atoms with van der Waals surface area (Å²) in [5, 5.41) is 0. The van der Waals surface area contributed by atoms with Crippen LogP contribution in [0.4, 0.5) is 0 Å². The van der Waals surface area contributed by atoms with Crippen LogP contribution in [0, 0.1) is 0 Å². The molecule has 0 bridgehead atoms. The Kier molecular flexibility index (Phi) is 3.80.